The number of H-pyrrole nitrogens is 1. The van der Waals surface area contributed by atoms with E-state index >= 15 is 0 Å². The van der Waals surface area contributed by atoms with Crippen LogP contribution in [0.5, 0.6) is 5.75 Å². The molecule has 0 saturated carbocycles. The fraction of sp³-hybridized carbons (Fsp3) is 0.471. The summed E-state index contributed by atoms with van der Waals surface area (Å²) in [5.41, 5.74) is 0.938. The Kier molecular flexibility index (Phi) is 7.00. The second-order valence-electron chi connectivity index (χ2n) is 5.30. The summed E-state index contributed by atoms with van der Waals surface area (Å²) < 4.78 is 8.03. The van der Waals surface area contributed by atoms with Gasteiger partial charge in [0.1, 0.15) is 5.75 Å². The minimum atomic E-state index is 0.496. The number of aryl methyl sites for hydroxylation is 1. The Hall–Kier alpha value is -1.95. The van der Waals surface area contributed by atoms with Crippen molar-refractivity contribution in [1.82, 2.24) is 14.9 Å². The monoisotopic (exact) mass is 332 g/mol. The summed E-state index contributed by atoms with van der Waals surface area (Å²) in [6, 6.07) is 7.90. The first-order valence-electron chi connectivity index (χ1n) is 8.18. The Balaban J connectivity index is 2.06. The highest BCUT2D eigenvalue weighted by Gasteiger charge is 2.03. The zero-order chi connectivity index (χ0) is 16.5. The molecule has 1 aromatic carbocycles. The largest absolute Gasteiger partial charge is 0.493 e. The van der Waals surface area contributed by atoms with Crippen molar-refractivity contribution in [2.24, 2.45) is 5.10 Å². The van der Waals surface area contributed by atoms with Crippen LogP contribution in [0.1, 0.15) is 50.9 Å². The molecule has 23 heavy (non-hydrogen) atoms. The molecule has 0 fully saturated rings. The van der Waals surface area contributed by atoms with E-state index in [0.717, 1.165) is 36.6 Å². The van der Waals surface area contributed by atoms with Gasteiger partial charge in [-0.15, -0.1) is 0 Å². The summed E-state index contributed by atoms with van der Waals surface area (Å²) in [6.07, 6.45) is 7.30. The standard InChI is InChI=1S/C17H24N4OS/c1-3-5-6-9-12-22-15-11-8-7-10-14(15)13-18-21-16(4-2)19-20-17(21)23/h7-8,10-11,13H,3-6,9,12H2,1-2H3,(H,20,23)/b18-13+. The molecule has 2 rings (SSSR count). The van der Waals surface area contributed by atoms with Crippen molar-refractivity contribution in [3.8, 4) is 5.75 Å². The molecular formula is C17H24N4OS. The maximum absolute atomic E-state index is 5.89. The topological polar surface area (TPSA) is 55.2 Å². The van der Waals surface area contributed by atoms with Crippen LogP contribution in [0.3, 0.4) is 0 Å². The van der Waals surface area contributed by atoms with E-state index < -0.39 is 0 Å². The van der Waals surface area contributed by atoms with E-state index in [-0.39, 0.29) is 0 Å². The third-order valence-corrected chi connectivity index (χ3v) is 3.78. The van der Waals surface area contributed by atoms with Gasteiger partial charge in [-0.3, -0.25) is 5.10 Å². The Morgan fingerprint density at radius 3 is 2.87 bits per heavy atom. The zero-order valence-electron chi connectivity index (χ0n) is 13.8. The molecule has 0 bridgehead atoms. The number of unbranched alkanes of at least 4 members (excludes halogenated alkanes) is 3. The van der Waals surface area contributed by atoms with Crippen LogP contribution in [-0.4, -0.2) is 27.7 Å². The van der Waals surface area contributed by atoms with Crippen molar-refractivity contribution < 1.29 is 4.74 Å². The van der Waals surface area contributed by atoms with E-state index in [1.165, 1.54) is 19.3 Å². The highest BCUT2D eigenvalue weighted by atomic mass is 32.1. The van der Waals surface area contributed by atoms with E-state index in [0.29, 0.717) is 4.77 Å². The van der Waals surface area contributed by atoms with Gasteiger partial charge in [-0.1, -0.05) is 45.2 Å². The maximum Gasteiger partial charge on any atom is 0.216 e. The summed E-state index contributed by atoms with van der Waals surface area (Å²) in [5, 5.41) is 11.4. The predicted molar refractivity (Wildman–Crippen MR) is 95.9 cm³/mol. The summed E-state index contributed by atoms with van der Waals surface area (Å²) in [6.45, 7) is 4.96. The SMILES string of the molecule is CCCCCCOc1ccccc1/C=N/n1c(CC)n[nH]c1=S. The average Bonchev–Trinajstić information content (AvgIpc) is 2.93. The number of aromatic amines is 1. The molecule has 0 unspecified atom stereocenters. The summed E-state index contributed by atoms with van der Waals surface area (Å²) >= 11 is 5.20. The molecule has 1 N–H and O–H groups in total. The molecule has 2 aromatic rings. The lowest BCUT2D eigenvalue weighted by Gasteiger charge is -2.08. The van der Waals surface area contributed by atoms with Crippen LogP contribution in [0.15, 0.2) is 29.4 Å². The average molecular weight is 332 g/mol. The molecule has 0 radical (unpaired) electrons. The molecule has 0 amide bonds. The van der Waals surface area contributed by atoms with Crippen molar-refractivity contribution in [3.05, 3.63) is 40.4 Å². The van der Waals surface area contributed by atoms with Gasteiger partial charge in [-0.25, -0.2) is 0 Å². The fourth-order valence-electron chi connectivity index (χ4n) is 2.22. The molecule has 1 heterocycles. The number of nitrogens with zero attached hydrogens (tertiary/aromatic N) is 3. The summed E-state index contributed by atoms with van der Waals surface area (Å²) in [4.78, 5) is 0. The summed E-state index contributed by atoms with van der Waals surface area (Å²) in [5.74, 6) is 1.66. The van der Waals surface area contributed by atoms with Crippen LogP contribution >= 0.6 is 12.2 Å². The van der Waals surface area contributed by atoms with E-state index in [4.69, 9.17) is 17.0 Å². The van der Waals surface area contributed by atoms with Crippen LogP contribution in [0.4, 0.5) is 0 Å². The molecule has 124 valence electrons. The van der Waals surface area contributed by atoms with Crippen molar-refractivity contribution in [2.75, 3.05) is 6.61 Å². The second kappa shape index (κ2) is 9.25. The Morgan fingerprint density at radius 2 is 2.09 bits per heavy atom. The van der Waals surface area contributed by atoms with Gasteiger partial charge in [0, 0.05) is 12.0 Å². The number of hydrogen-bond donors (Lipinski definition) is 1. The molecule has 0 atom stereocenters. The third-order valence-electron chi connectivity index (χ3n) is 3.52. The predicted octanol–water partition coefficient (Wildman–Crippen LogP) is 4.34. The normalized spacial score (nSPS) is 11.2. The van der Waals surface area contributed by atoms with Gasteiger partial charge in [-0.2, -0.15) is 14.9 Å². The Morgan fingerprint density at radius 1 is 1.26 bits per heavy atom. The van der Waals surface area contributed by atoms with Gasteiger partial charge >= 0.3 is 0 Å². The molecule has 1 aromatic heterocycles. The zero-order valence-corrected chi connectivity index (χ0v) is 14.6. The smallest absolute Gasteiger partial charge is 0.216 e. The lowest BCUT2D eigenvalue weighted by molar-refractivity contribution is 0.304. The fourth-order valence-corrected chi connectivity index (χ4v) is 2.42. The highest BCUT2D eigenvalue weighted by molar-refractivity contribution is 7.71. The van der Waals surface area contributed by atoms with Gasteiger partial charge in [0.15, 0.2) is 5.82 Å². The van der Waals surface area contributed by atoms with Gasteiger partial charge in [0.2, 0.25) is 4.77 Å². The van der Waals surface area contributed by atoms with Gasteiger partial charge in [0.25, 0.3) is 0 Å². The lowest BCUT2D eigenvalue weighted by Crippen LogP contribution is -2.01. The van der Waals surface area contributed by atoms with E-state index in [1.54, 1.807) is 10.9 Å². The second-order valence-corrected chi connectivity index (χ2v) is 5.69. The Bertz CT molecular complexity index is 690. The van der Waals surface area contributed by atoms with Crippen LogP contribution < -0.4 is 4.74 Å². The van der Waals surface area contributed by atoms with Gasteiger partial charge in [-0.05, 0) is 30.8 Å². The van der Waals surface area contributed by atoms with Crippen LogP contribution in [-0.2, 0) is 6.42 Å². The Labute approximate surface area is 142 Å². The third kappa shape index (κ3) is 5.03. The molecular weight excluding hydrogens is 308 g/mol. The van der Waals surface area contributed by atoms with Crippen molar-refractivity contribution in [1.29, 1.82) is 0 Å². The number of rotatable bonds is 9. The first-order valence-corrected chi connectivity index (χ1v) is 8.59. The minimum absolute atomic E-state index is 0.496. The molecule has 5 nitrogen and oxygen atoms in total. The van der Waals surface area contributed by atoms with Crippen molar-refractivity contribution in [2.45, 2.75) is 46.0 Å². The number of ether oxygens (including phenoxy) is 1. The van der Waals surface area contributed by atoms with Gasteiger partial charge < -0.3 is 4.74 Å². The summed E-state index contributed by atoms with van der Waals surface area (Å²) in [7, 11) is 0. The molecule has 0 aliphatic heterocycles. The number of nitrogens with one attached hydrogen (secondary N) is 1. The van der Waals surface area contributed by atoms with Crippen LogP contribution in [0.2, 0.25) is 0 Å². The minimum Gasteiger partial charge on any atom is -0.493 e. The van der Waals surface area contributed by atoms with Crippen molar-refractivity contribution >= 4 is 18.4 Å². The van der Waals surface area contributed by atoms with E-state index in [9.17, 15) is 0 Å². The van der Waals surface area contributed by atoms with Crippen LogP contribution in [0.25, 0.3) is 0 Å². The number of para-hydroxylation sites is 1. The molecule has 0 spiro atoms. The maximum atomic E-state index is 5.89. The molecule has 6 heteroatoms. The van der Waals surface area contributed by atoms with E-state index in [1.807, 2.05) is 31.2 Å². The first-order chi connectivity index (χ1) is 11.3. The molecule has 0 aliphatic carbocycles. The quantitative estimate of drug-likeness (QED) is 0.422. The first kappa shape index (κ1) is 17.4. The van der Waals surface area contributed by atoms with Crippen molar-refractivity contribution in [3.63, 3.8) is 0 Å². The number of aromatic nitrogens is 3. The van der Waals surface area contributed by atoms with E-state index in [2.05, 4.69) is 22.2 Å². The lowest BCUT2D eigenvalue weighted by atomic mass is 10.2. The molecule has 0 aliphatic rings. The van der Waals surface area contributed by atoms with Crippen LogP contribution in [0, 0.1) is 4.77 Å². The highest BCUT2D eigenvalue weighted by Crippen LogP contribution is 2.17. The van der Waals surface area contributed by atoms with Gasteiger partial charge in [0.05, 0.1) is 12.8 Å². The number of hydrogen-bond acceptors (Lipinski definition) is 4. The number of benzene rings is 1. The molecule has 0 saturated heterocycles.